The lowest BCUT2D eigenvalue weighted by atomic mass is 10.1. The third-order valence-electron chi connectivity index (χ3n) is 5.39. The second kappa shape index (κ2) is 10.0. The van der Waals surface area contributed by atoms with E-state index in [1.54, 1.807) is 24.3 Å². The highest BCUT2D eigenvalue weighted by molar-refractivity contribution is 6.05. The fourth-order valence-electron chi connectivity index (χ4n) is 3.58. The van der Waals surface area contributed by atoms with E-state index in [1.165, 1.54) is 0 Å². The highest BCUT2D eigenvalue weighted by atomic mass is 16.5. The number of aromatic nitrogens is 1. The molecule has 0 saturated heterocycles. The van der Waals surface area contributed by atoms with Crippen molar-refractivity contribution in [2.24, 2.45) is 0 Å². The van der Waals surface area contributed by atoms with Crippen LogP contribution in [0.25, 0.3) is 22.6 Å². The molecule has 5 rings (SSSR count). The van der Waals surface area contributed by atoms with Gasteiger partial charge in [-0.25, -0.2) is 4.98 Å². The van der Waals surface area contributed by atoms with E-state index in [0.717, 1.165) is 16.7 Å². The summed E-state index contributed by atoms with van der Waals surface area (Å²) in [5.74, 6) is 1.08. The van der Waals surface area contributed by atoms with Crippen molar-refractivity contribution in [2.45, 2.75) is 13.5 Å². The molecule has 0 bridgehead atoms. The average molecular weight is 453 g/mol. The number of anilines is 1. The standard InChI is InChI=1S/C28H22N2O3.H2O/c1-19-7-5-6-10-24(19)28-30-25-17-22(13-16-26(25)33-28)29-27(31)21-11-14-23(15-12-21)32-18-20-8-3-2-4-9-20;/h2-17H,18H2,1H3,(H,29,31);1H2. The SMILES string of the molecule is Cc1ccccc1-c1nc2cc(NC(=O)c3ccc(OCc4ccccc4)cc3)ccc2o1.O. The molecule has 0 aliphatic carbocycles. The molecule has 4 aromatic carbocycles. The number of hydrogen-bond donors (Lipinski definition) is 1. The number of oxazole rings is 1. The number of nitrogens with one attached hydrogen (secondary N) is 1. The lowest BCUT2D eigenvalue weighted by Crippen LogP contribution is -2.11. The molecule has 6 nitrogen and oxygen atoms in total. The molecule has 0 spiro atoms. The second-order valence-corrected chi connectivity index (χ2v) is 7.77. The van der Waals surface area contributed by atoms with Crippen LogP contribution in [0, 0.1) is 6.92 Å². The van der Waals surface area contributed by atoms with Crippen LogP contribution < -0.4 is 10.1 Å². The first-order valence-corrected chi connectivity index (χ1v) is 10.7. The Balaban J connectivity index is 0.00000274. The summed E-state index contributed by atoms with van der Waals surface area (Å²) in [5, 5.41) is 2.93. The highest BCUT2D eigenvalue weighted by Crippen LogP contribution is 2.28. The Labute approximate surface area is 197 Å². The molecule has 1 aromatic heterocycles. The minimum absolute atomic E-state index is 0. The summed E-state index contributed by atoms with van der Waals surface area (Å²) in [5.41, 5.74) is 5.70. The molecule has 0 aliphatic rings. The zero-order valence-corrected chi connectivity index (χ0v) is 18.6. The third-order valence-corrected chi connectivity index (χ3v) is 5.39. The zero-order chi connectivity index (χ0) is 22.6. The van der Waals surface area contributed by atoms with Crippen LogP contribution in [0.4, 0.5) is 5.69 Å². The van der Waals surface area contributed by atoms with Gasteiger partial charge >= 0.3 is 0 Å². The van der Waals surface area contributed by atoms with Gasteiger partial charge in [-0.15, -0.1) is 0 Å². The van der Waals surface area contributed by atoms with Gasteiger partial charge in [-0.2, -0.15) is 0 Å². The molecule has 0 saturated carbocycles. The maximum Gasteiger partial charge on any atom is 0.255 e. The van der Waals surface area contributed by atoms with Crippen LogP contribution in [0.2, 0.25) is 0 Å². The molecule has 6 heteroatoms. The maximum atomic E-state index is 12.7. The van der Waals surface area contributed by atoms with Gasteiger partial charge in [0.1, 0.15) is 17.9 Å². The first-order valence-electron chi connectivity index (χ1n) is 10.7. The number of hydrogen-bond acceptors (Lipinski definition) is 4. The Kier molecular flexibility index (Phi) is 6.71. The van der Waals surface area contributed by atoms with Gasteiger partial charge in [-0.1, -0.05) is 48.5 Å². The monoisotopic (exact) mass is 452 g/mol. The van der Waals surface area contributed by atoms with E-state index in [1.807, 2.05) is 79.7 Å². The van der Waals surface area contributed by atoms with Crippen LogP contribution in [0.3, 0.4) is 0 Å². The second-order valence-electron chi connectivity index (χ2n) is 7.77. The van der Waals surface area contributed by atoms with Crippen LogP contribution >= 0.6 is 0 Å². The zero-order valence-electron chi connectivity index (χ0n) is 18.6. The summed E-state index contributed by atoms with van der Waals surface area (Å²) < 4.78 is 11.7. The normalized spacial score (nSPS) is 10.5. The molecule has 0 aliphatic heterocycles. The summed E-state index contributed by atoms with van der Waals surface area (Å²) in [6.45, 7) is 2.50. The molecular formula is C28H24N2O4. The summed E-state index contributed by atoms with van der Waals surface area (Å²) in [4.78, 5) is 17.3. The predicted octanol–water partition coefficient (Wildman–Crippen LogP) is 5.81. The van der Waals surface area contributed by atoms with Crippen molar-refractivity contribution in [1.29, 1.82) is 0 Å². The summed E-state index contributed by atoms with van der Waals surface area (Å²) in [7, 11) is 0. The summed E-state index contributed by atoms with van der Waals surface area (Å²) >= 11 is 0. The first kappa shape index (κ1) is 22.8. The molecule has 3 N–H and O–H groups in total. The van der Waals surface area contributed by atoms with E-state index in [0.29, 0.717) is 40.6 Å². The molecule has 170 valence electrons. The predicted molar refractivity (Wildman–Crippen MR) is 133 cm³/mol. The molecule has 1 amide bonds. The van der Waals surface area contributed by atoms with Crippen LogP contribution in [-0.2, 0) is 6.61 Å². The molecule has 1 heterocycles. The minimum atomic E-state index is -0.202. The third kappa shape index (κ3) is 4.98. The van der Waals surface area contributed by atoms with Gasteiger partial charge in [0.25, 0.3) is 5.91 Å². The molecule has 5 aromatic rings. The van der Waals surface area contributed by atoms with Crippen molar-refractivity contribution in [3.63, 3.8) is 0 Å². The number of carbonyl (C=O) groups is 1. The fraction of sp³-hybridized carbons (Fsp3) is 0.0714. The molecule has 0 atom stereocenters. The molecule has 0 fully saturated rings. The maximum absolute atomic E-state index is 12.7. The van der Waals surface area contributed by atoms with Gasteiger partial charge in [0, 0.05) is 16.8 Å². The lowest BCUT2D eigenvalue weighted by molar-refractivity contribution is 0.102. The van der Waals surface area contributed by atoms with Gasteiger partial charge in [0.2, 0.25) is 5.89 Å². The van der Waals surface area contributed by atoms with Gasteiger partial charge in [-0.3, -0.25) is 4.79 Å². The topological polar surface area (TPSA) is 95.9 Å². The van der Waals surface area contributed by atoms with Crippen molar-refractivity contribution in [3.8, 4) is 17.2 Å². The number of aryl methyl sites for hydroxylation is 1. The fourth-order valence-corrected chi connectivity index (χ4v) is 3.58. The Morgan fingerprint density at radius 2 is 1.65 bits per heavy atom. The van der Waals surface area contributed by atoms with E-state index in [4.69, 9.17) is 9.15 Å². The van der Waals surface area contributed by atoms with Crippen LogP contribution in [-0.4, -0.2) is 16.4 Å². The number of amides is 1. The van der Waals surface area contributed by atoms with Crippen molar-refractivity contribution in [3.05, 3.63) is 114 Å². The molecular weight excluding hydrogens is 428 g/mol. The van der Waals surface area contributed by atoms with E-state index < -0.39 is 0 Å². The quantitative estimate of drug-likeness (QED) is 0.352. The highest BCUT2D eigenvalue weighted by Gasteiger charge is 2.12. The molecule has 0 radical (unpaired) electrons. The van der Waals surface area contributed by atoms with Crippen molar-refractivity contribution in [1.82, 2.24) is 4.98 Å². The Morgan fingerprint density at radius 3 is 2.41 bits per heavy atom. The molecule has 34 heavy (non-hydrogen) atoms. The van der Waals surface area contributed by atoms with E-state index >= 15 is 0 Å². The number of rotatable bonds is 6. The smallest absolute Gasteiger partial charge is 0.255 e. The summed E-state index contributed by atoms with van der Waals surface area (Å²) in [6.07, 6.45) is 0. The first-order chi connectivity index (χ1) is 16.2. The Hall–Kier alpha value is -4.42. The minimum Gasteiger partial charge on any atom is -0.489 e. The van der Waals surface area contributed by atoms with Crippen molar-refractivity contribution >= 4 is 22.7 Å². The molecule has 0 unspecified atom stereocenters. The number of benzene rings is 4. The van der Waals surface area contributed by atoms with Gasteiger partial charge in [0.15, 0.2) is 5.58 Å². The van der Waals surface area contributed by atoms with E-state index in [9.17, 15) is 4.79 Å². The van der Waals surface area contributed by atoms with E-state index in [-0.39, 0.29) is 11.4 Å². The van der Waals surface area contributed by atoms with Crippen LogP contribution in [0.15, 0.2) is 101 Å². The average Bonchev–Trinajstić information content (AvgIpc) is 3.27. The number of fused-ring (bicyclic) bond motifs is 1. The number of nitrogens with zero attached hydrogens (tertiary/aromatic N) is 1. The van der Waals surface area contributed by atoms with Crippen LogP contribution in [0.5, 0.6) is 5.75 Å². The van der Waals surface area contributed by atoms with E-state index in [2.05, 4.69) is 10.3 Å². The van der Waals surface area contributed by atoms with Gasteiger partial charge in [-0.05, 0) is 66.6 Å². The van der Waals surface area contributed by atoms with Crippen molar-refractivity contribution < 1.29 is 19.4 Å². The number of carbonyl (C=O) groups excluding carboxylic acids is 1. The van der Waals surface area contributed by atoms with Gasteiger partial charge in [0.05, 0.1) is 0 Å². The summed E-state index contributed by atoms with van der Waals surface area (Å²) in [6, 6.07) is 30.4. The Morgan fingerprint density at radius 1 is 0.912 bits per heavy atom. The number of ether oxygens (including phenoxy) is 1. The van der Waals surface area contributed by atoms with Gasteiger partial charge < -0.3 is 19.9 Å². The van der Waals surface area contributed by atoms with Crippen molar-refractivity contribution in [2.75, 3.05) is 5.32 Å². The van der Waals surface area contributed by atoms with Crippen LogP contribution in [0.1, 0.15) is 21.5 Å². The lowest BCUT2D eigenvalue weighted by Gasteiger charge is -2.08. The Bertz CT molecular complexity index is 1410. The largest absolute Gasteiger partial charge is 0.489 e.